The number of fused-ring (bicyclic) bond motifs is 1. The molecule has 0 aliphatic carbocycles. The number of hydrogen-bond acceptors (Lipinski definition) is 5. The van der Waals surface area contributed by atoms with Gasteiger partial charge in [-0.3, -0.25) is 4.79 Å². The van der Waals surface area contributed by atoms with E-state index in [1.165, 1.54) is 0 Å². The van der Waals surface area contributed by atoms with Crippen molar-refractivity contribution in [3.05, 3.63) is 66.5 Å². The molecule has 1 N–H and O–H groups in total. The Bertz CT molecular complexity index is 1200. The second-order valence-corrected chi connectivity index (χ2v) is 6.81. The van der Waals surface area contributed by atoms with E-state index in [-0.39, 0.29) is 12.5 Å². The first-order valence-electron chi connectivity index (χ1n) is 9.49. The van der Waals surface area contributed by atoms with Gasteiger partial charge in [0.1, 0.15) is 18.0 Å². The summed E-state index contributed by atoms with van der Waals surface area (Å²) in [5, 5.41) is 8.37. The van der Waals surface area contributed by atoms with Crippen LogP contribution in [0.4, 0.5) is 5.69 Å². The van der Waals surface area contributed by atoms with Gasteiger partial charge in [-0.05, 0) is 48.4 Å². The van der Waals surface area contributed by atoms with Gasteiger partial charge in [-0.25, -0.2) is 9.67 Å². The third-order valence-electron chi connectivity index (χ3n) is 4.86. The van der Waals surface area contributed by atoms with Crippen molar-refractivity contribution in [3.63, 3.8) is 0 Å². The fourth-order valence-corrected chi connectivity index (χ4v) is 3.44. The lowest BCUT2D eigenvalue weighted by atomic mass is 10.0. The average Bonchev–Trinajstić information content (AvgIpc) is 3.09. The van der Waals surface area contributed by atoms with Crippen LogP contribution >= 0.6 is 0 Å². The van der Waals surface area contributed by atoms with Gasteiger partial charge in [-0.1, -0.05) is 18.2 Å². The van der Waals surface area contributed by atoms with E-state index < -0.39 is 0 Å². The molecule has 7 heteroatoms. The normalized spacial score (nSPS) is 10.8. The molecule has 30 heavy (non-hydrogen) atoms. The van der Waals surface area contributed by atoms with E-state index in [2.05, 4.69) is 15.4 Å². The standard InChI is InChI=1S/C23H22N4O3/c1-15-22-20(16-7-9-18(29-2)10-8-16)11-12-24-23(22)27(26-15)14-21(28)25-17-5-4-6-19(13-17)30-3/h4-13H,14H2,1-3H3,(H,25,28). The molecule has 0 bridgehead atoms. The summed E-state index contributed by atoms with van der Waals surface area (Å²) in [6, 6.07) is 17.0. The first-order valence-corrected chi connectivity index (χ1v) is 9.49. The molecule has 4 aromatic rings. The number of ether oxygens (including phenoxy) is 2. The molecule has 7 nitrogen and oxygen atoms in total. The van der Waals surface area contributed by atoms with Gasteiger partial charge in [0.15, 0.2) is 5.65 Å². The fraction of sp³-hybridized carbons (Fsp3) is 0.174. The lowest BCUT2D eigenvalue weighted by Crippen LogP contribution is -2.19. The maximum absolute atomic E-state index is 12.6. The summed E-state index contributed by atoms with van der Waals surface area (Å²) in [5.41, 5.74) is 4.20. The number of carbonyl (C=O) groups excluding carboxylic acids is 1. The van der Waals surface area contributed by atoms with Gasteiger partial charge in [-0.15, -0.1) is 0 Å². The van der Waals surface area contributed by atoms with Crippen molar-refractivity contribution in [1.82, 2.24) is 14.8 Å². The lowest BCUT2D eigenvalue weighted by Gasteiger charge is -2.08. The van der Waals surface area contributed by atoms with Crippen LogP contribution in [0.25, 0.3) is 22.2 Å². The first kappa shape index (κ1) is 19.4. The zero-order valence-electron chi connectivity index (χ0n) is 17.0. The number of benzene rings is 2. The van der Waals surface area contributed by atoms with Crippen LogP contribution in [0.15, 0.2) is 60.8 Å². The highest BCUT2D eigenvalue weighted by Crippen LogP contribution is 2.31. The summed E-state index contributed by atoms with van der Waals surface area (Å²) in [6.45, 7) is 1.98. The van der Waals surface area contributed by atoms with E-state index in [9.17, 15) is 4.79 Å². The molecule has 2 heterocycles. The molecule has 0 saturated carbocycles. The number of aromatic nitrogens is 3. The molecular weight excluding hydrogens is 380 g/mol. The van der Waals surface area contributed by atoms with Crippen LogP contribution in [0.3, 0.4) is 0 Å². The average molecular weight is 402 g/mol. The van der Waals surface area contributed by atoms with Gasteiger partial charge in [0.25, 0.3) is 0 Å². The summed E-state index contributed by atoms with van der Waals surface area (Å²) in [4.78, 5) is 17.1. The van der Waals surface area contributed by atoms with Crippen molar-refractivity contribution >= 4 is 22.6 Å². The van der Waals surface area contributed by atoms with E-state index in [4.69, 9.17) is 9.47 Å². The maximum Gasteiger partial charge on any atom is 0.246 e. The molecule has 0 unspecified atom stereocenters. The molecular formula is C23H22N4O3. The Morgan fingerprint density at radius 3 is 2.53 bits per heavy atom. The van der Waals surface area contributed by atoms with Crippen LogP contribution in [0.2, 0.25) is 0 Å². The molecule has 0 atom stereocenters. The van der Waals surface area contributed by atoms with Crippen LogP contribution in [0, 0.1) is 6.92 Å². The van der Waals surface area contributed by atoms with Gasteiger partial charge < -0.3 is 14.8 Å². The Balaban J connectivity index is 1.63. The number of methoxy groups -OCH3 is 2. The predicted octanol–water partition coefficient (Wildman–Crippen LogP) is 4.06. The topological polar surface area (TPSA) is 78.3 Å². The second kappa shape index (κ2) is 8.24. The van der Waals surface area contributed by atoms with Gasteiger partial charge in [0.2, 0.25) is 5.91 Å². The summed E-state index contributed by atoms with van der Waals surface area (Å²) in [7, 11) is 3.23. The van der Waals surface area contributed by atoms with Gasteiger partial charge >= 0.3 is 0 Å². The van der Waals surface area contributed by atoms with Crippen molar-refractivity contribution in [3.8, 4) is 22.6 Å². The number of amides is 1. The Hall–Kier alpha value is -3.87. The van der Waals surface area contributed by atoms with Crippen LogP contribution < -0.4 is 14.8 Å². The van der Waals surface area contributed by atoms with Crippen LogP contribution in [-0.4, -0.2) is 34.9 Å². The quantitative estimate of drug-likeness (QED) is 0.526. The minimum atomic E-state index is -0.190. The summed E-state index contributed by atoms with van der Waals surface area (Å²) >= 11 is 0. The lowest BCUT2D eigenvalue weighted by molar-refractivity contribution is -0.116. The molecule has 4 rings (SSSR count). The van der Waals surface area contributed by atoms with Gasteiger partial charge in [0.05, 0.1) is 19.9 Å². The van der Waals surface area contributed by atoms with Crippen LogP contribution in [0.5, 0.6) is 11.5 Å². The molecule has 0 fully saturated rings. The Morgan fingerprint density at radius 1 is 1.03 bits per heavy atom. The fourth-order valence-electron chi connectivity index (χ4n) is 3.44. The third-order valence-corrected chi connectivity index (χ3v) is 4.86. The van der Waals surface area contributed by atoms with Crippen LogP contribution in [-0.2, 0) is 11.3 Å². The summed E-state index contributed by atoms with van der Waals surface area (Å²) in [6.07, 6.45) is 1.74. The first-order chi connectivity index (χ1) is 14.6. The molecule has 0 aliphatic rings. The van der Waals surface area contributed by atoms with Gasteiger partial charge in [0, 0.05) is 23.3 Å². The van der Waals surface area contributed by atoms with Gasteiger partial charge in [-0.2, -0.15) is 5.10 Å². The molecule has 0 aliphatic heterocycles. The SMILES string of the molecule is COc1ccc(-c2ccnc3c2c(C)nn3CC(=O)Nc2cccc(OC)c2)cc1. The molecule has 0 spiro atoms. The molecule has 2 aromatic heterocycles. The number of hydrogen-bond donors (Lipinski definition) is 1. The number of pyridine rings is 1. The number of rotatable bonds is 6. The van der Waals surface area contributed by atoms with E-state index in [1.807, 2.05) is 55.5 Å². The van der Waals surface area contributed by atoms with Crippen molar-refractivity contribution < 1.29 is 14.3 Å². The zero-order valence-corrected chi connectivity index (χ0v) is 17.0. The number of nitrogens with one attached hydrogen (secondary N) is 1. The monoisotopic (exact) mass is 402 g/mol. The number of aryl methyl sites for hydroxylation is 1. The highest BCUT2D eigenvalue weighted by molar-refractivity contribution is 5.96. The number of carbonyl (C=O) groups is 1. The number of nitrogens with zero attached hydrogens (tertiary/aromatic N) is 3. The number of anilines is 1. The smallest absolute Gasteiger partial charge is 0.246 e. The summed E-state index contributed by atoms with van der Waals surface area (Å²) < 4.78 is 12.1. The minimum absolute atomic E-state index is 0.0562. The van der Waals surface area contributed by atoms with E-state index >= 15 is 0 Å². The molecule has 2 aromatic carbocycles. The van der Waals surface area contributed by atoms with Crippen LogP contribution in [0.1, 0.15) is 5.69 Å². The van der Waals surface area contributed by atoms with Crippen molar-refractivity contribution in [2.75, 3.05) is 19.5 Å². The zero-order chi connectivity index (χ0) is 21.1. The highest BCUT2D eigenvalue weighted by atomic mass is 16.5. The molecule has 0 saturated heterocycles. The predicted molar refractivity (Wildman–Crippen MR) is 116 cm³/mol. The highest BCUT2D eigenvalue weighted by Gasteiger charge is 2.16. The summed E-state index contributed by atoms with van der Waals surface area (Å²) in [5.74, 6) is 1.29. The maximum atomic E-state index is 12.6. The van der Waals surface area contributed by atoms with E-state index in [0.717, 1.165) is 28.0 Å². The Morgan fingerprint density at radius 2 is 1.80 bits per heavy atom. The Kier molecular flexibility index (Phi) is 5.34. The Labute approximate surface area is 174 Å². The molecule has 1 amide bonds. The van der Waals surface area contributed by atoms with Crippen molar-refractivity contribution in [1.29, 1.82) is 0 Å². The largest absolute Gasteiger partial charge is 0.497 e. The van der Waals surface area contributed by atoms with Crippen molar-refractivity contribution in [2.24, 2.45) is 0 Å². The second-order valence-electron chi connectivity index (χ2n) is 6.81. The van der Waals surface area contributed by atoms with E-state index in [0.29, 0.717) is 17.1 Å². The van der Waals surface area contributed by atoms with E-state index in [1.54, 1.807) is 31.2 Å². The molecule has 0 radical (unpaired) electrons. The minimum Gasteiger partial charge on any atom is -0.497 e. The third kappa shape index (κ3) is 3.82. The molecule has 152 valence electrons. The van der Waals surface area contributed by atoms with Crippen molar-refractivity contribution in [2.45, 2.75) is 13.5 Å².